The molecule has 0 radical (unpaired) electrons. The van der Waals surface area contributed by atoms with Crippen LogP contribution in [0.1, 0.15) is 35.0 Å². The highest BCUT2D eigenvalue weighted by Gasteiger charge is 2.15. The number of nitrogens with one attached hydrogen (secondary N) is 1. The molecule has 3 aromatic rings. The van der Waals surface area contributed by atoms with E-state index in [2.05, 4.69) is 37.4 Å². The third kappa shape index (κ3) is 5.45. The Morgan fingerprint density at radius 1 is 1.23 bits per heavy atom. The topological polar surface area (TPSA) is 93.8 Å². The fourth-order valence-electron chi connectivity index (χ4n) is 2.98. The fourth-order valence-corrected chi connectivity index (χ4v) is 3.65. The van der Waals surface area contributed by atoms with Crippen LogP contribution < -0.4 is 10.5 Å². The van der Waals surface area contributed by atoms with Crippen molar-refractivity contribution in [1.82, 2.24) is 15.0 Å². The normalized spacial score (nSPS) is 12.5. The second-order valence-electron chi connectivity index (χ2n) is 7.13. The van der Waals surface area contributed by atoms with Gasteiger partial charge in [0.25, 0.3) is 0 Å². The molecule has 0 saturated heterocycles. The molecule has 0 fully saturated rings. The number of hydrogen-bond donors (Lipinski definition) is 2. The molecule has 0 aliphatic heterocycles. The third-order valence-corrected chi connectivity index (χ3v) is 5.18. The van der Waals surface area contributed by atoms with Gasteiger partial charge in [-0.1, -0.05) is 24.8 Å². The van der Waals surface area contributed by atoms with Crippen LogP contribution in [0, 0.1) is 24.6 Å². The lowest BCUT2D eigenvalue weighted by Gasteiger charge is -2.11. The van der Waals surface area contributed by atoms with Crippen molar-refractivity contribution in [2.45, 2.75) is 26.8 Å². The number of anilines is 1. The van der Waals surface area contributed by atoms with Gasteiger partial charge in [0.1, 0.15) is 12.1 Å². The minimum absolute atomic E-state index is 0.289. The van der Waals surface area contributed by atoms with E-state index in [0.29, 0.717) is 45.9 Å². The first-order valence-corrected chi connectivity index (χ1v) is 11.8. The zero-order valence-electron chi connectivity index (χ0n) is 17.7. The number of aromatic nitrogens is 3. The Bertz CT molecular complexity index is 1290. The van der Waals surface area contributed by atoms with Crippen LogP contribution >= 0.6 is 0 Å². The van der Waals surface area contributed by atoms with Gasteiger partial charge in [-0.25, -0.2) is 18.6 Å². The minimum Gasteiger partial charge on any atom is -0.326 e. The number of benzene rings is 1. The lowest BCUT2D eigenvalue weighted by Crippen LogP contribution is -2.11. The first-order valence-electron chi connectivity index (χ1n) is 9.63. The largest absolute Gasteiger partial charge is 0.326 e. The van der Waals surface area contributed by atoms with Crippen LogP contribution in [0.4, 0.5) is 10.1 Å². The summed E-state index contributed by atoms with van der Waals surface area (Å²) < 4.78 is 29.5. The second-order valence-corrected chi connectivity index (χ2v) is 9.34. The molecule has 2 heterocycles. The first kappa shape index (κ1) is 22.4. The number of nitrogens with zero attached hydrogens (tertiary/aromatic N) is 3. The molecule has 3 N–H and O–H groups in total. The highest BCUT2D eigenvalue weighted by Crippen LogP contribution is 2.27. The van der Waals surface area contributed by atoms with E-state index in [1.54, 1.807) is 31.3 Å². The summed E-state index contributed by atoms with van der Waals surface area (Å²) in [5.41, 5.74) is 10.4. The minimum atomic E-state index is -2.46. The molecule has 0 aliphatic carbocycles. The van der Waals surface area contributed by atoms with Crippen molar-refractivity contribution in [3.8, 4) is 23.1 Å². The maximum Gasteiger partial charge on any atom is 0.132 e. The van der Waals surface area contributed by atoms with Crippen LogP contribution in [0.5, 0.6) is 0 Å². The molecular formula is C23H24FN5OS. The van der Waals surface area contributed by atoms with Crippen LogP contribution in [-0.2, 0) is 22.7 Å². The summed E-state index contributed by atoms with van der Waals surface area (Å²) in [7, 11) is -2.46. The second kappa shape index (κ2) is 9.25. The van der Waals surface area contributed by atoms with Gasteiger partial charge in [0.05, 0.1) is 28.3 Å². The summed E-state index contributed by atoms with van der Waals surface area (Å²) in [5, 5.41) is 0. The summed E-state index contributed by atoms with van der Waals surface area (Å²) >= 11 is 0. The molecule has 6 nitrogen and oxygen atoms in total. The van der Waals surface area contributed by atoms with Crippen molar-refractivity contribution < 1.29 is 8.60 Å². The molecule has 0 saturated carbocycles. The van der Waals surface area contributed by atoms with Crippen LogP contribution in [0.2, 0.25) is 0 Å². The Hall–Kier alpha value is -3.28. The van der Waals surface area contributed by atoms with Crippen LogP contribution in [0.25, 0.3) is 11.3 Å². The van der Waals surface area contributed by atoms with Gasteiger partial charge >= 0.3 is 0 Å². The van der Waals surface area contributed by atoms with Crippen molar-refractivity contribution in [1.29, 1.82) is 0 Å². The summed E-state index contributed by atoms with van der Waals surface area (Å²) in [4.78, 5) is 12.9. The molecule has 1 aromatic carbocycles. The Balaban J connectivity index is 2.12. The third-order valence-electron chi connectivity index (χ3n) is 4.53. The number of aryl methyl sites for hydroxylation is 2. The number of pyridine rings is 1. The standard InChI is InChI=1S/C23H24FN5OS/c1-5-21-18(8-6-17-11-22(15(2)26-13-17)29-31(3,4)30)23(28-14-27-21)19-10-16(12-25)7-9-20(19)24/h7,9-11,13-14H,3,5,12,25H2,1-2,4H3,(H,29,30). The van der Waals surface area contributed by atoms with E-state index in [0.717, 1.165) is 5.56 Å². The predicted molar refractivity (Wildman–Crippen MR) is 124 cm³/mol. The molecule has 31 heavy (non-hydrogen) atoms. The maximum atomic E-state index is 14.6. The highest BCUT2D eigenvalue weighted by molar-refractivity contribution is 8.00. The fraction of sp³-hybridized carbons (Fsp3) is 0.217. The number of rotatable bonds is 5. The molecule has 8 heteroatoms. The molecule has 0 amide bonds. The van der Waals surface area contributed by atoms with Gasteiger partial charge in [-0.15, -0.1) is 0 Å². The molecule has 1 unspecified atom stereocenters. The summed E-state index contributed by atoms with van der Waals surface area (Å²) in [6.45, 7) is 4.04. The van der Waals surface area contributed by atoms with E-state index in [-0.39, 0.29) is 6.54 Å². The molecule has 2 aromatic heterocycles. The monoisotopic (exact) mass is 437 g/mol. The Morgan fingerprint density at radius 3 is 2.68 bits per heavy atom. The average Bonchev–Trinajstić information content (AvgIpc) is 2.73. The van der Waals surface area contributed by atoms with Crippen molar-refractivity contribution in [2.24, 2.45) is 5.73 Å². The van der Waals surface area contributed by atoms with Crippen LogP contribution in [0.15, 0.2) is 36.8 Å². The highest BCUT2D eigenvalue weighted by atomic mass is 32.2. The van der Waals surface area contributed by atoms with Gasteiger partial charge in [0, 0.05) is 39.8 Å². The van der Waals surface area contributed by atoms with Crippen molar-refractivity contribution in [2.75, 3.05) is 11.0 Å². The predicted octanol–water partition coefficient (Wildman–Crippen LogP) is 3.08. The summed E-state index contributed by atoms with van der Waals surface area (Å²) in [6, 6.07) is 6.47. The van der Waals surface area contributed by atoms with E-state index in [9.17, 15) is 8.60 Å². The Labute approximate surface area is 182 Å². The Morgan fingerprint density at radius 2 is 2.00 bits per heavy atom. The lowest BCUT2D eigenvalue weighted by atomic mass is 10.0. The van der Waals surface area contributed by atoms with Gasteiger partial charge in [-0.3, -0.25) is 4.98 Å². The van der Waals surface area contributed by atoms with Gasteiger partial charge in [0.2, 0.25) is 0 Å². The quantitative estimate of drug-likeness (QED) is 0.473. The zero-order valence-corrected chi connectivity index (χ0v) is 18.5. The smallest absolute Gasteiger partial charge is 0.132 e. The van der Waals surface area contributed by atoms with E-state index >= 15 is 0 Å². The first-order chi connectivity index (χ1) is 14.7. The Kier molecular flexibility index (Phi) is 6.68. The van der Waals surface area contributed by atoms with Gasteiger partial charge in [-0.05, 0) is 43.0 Å². The van der Waals surface area contributed by atoms with E-state index in [1.807, 2.05) is 6.92 Å². The molecule has 0 bridgehead atoms. The van der Waals surface area contributed by atoms with Gasteiger partial charge < -0.3 is 10.5 Å². The number of halogens is 1. The summed E-state index contributed by atoms with van der Waals surface area (Å²) in [5.74, 6) is 9.36. The molecule has 0 spiro atoms. The molecular weight excluding hydrogens is 413 g/mol. The molecule has 3 rings (SSSR count). The zero-order chi connectivity index (χ0) is 22.6. The molecule has 160 valence electrons. The number of nitrogens with two attached hydrogens (primary N) is 1. The SMILES string of the molecule is C=S(C)(=O)Nc1cc(C#Cc2c(CC)ncnc2-c2cc(CN)ccc2F)cnc1C. The van der Waals surface area contributed by atoms with Crippen molar-refractivity contribution in [3.63, 3.8) is 0 Å². The van der Waals surface area contributed by atoms with Crippen LogP contribution in [0.3, 0.4) is 0 Å². The van der Waals surface area contributed by atoms with Crippen molar-refractivity contribution >= 4 is 21.3 Å². The van der Waals surface area contributed by atoms with Gasteiger partial charge in [-0.2, -0.15) is 0 Å². The number of hydrogen-bond acceptors (Lipinski definition) is 5. The summed E-state index contributed by atoms with van der Waals surface area (Å²) in [6.07, 6.45) is 5.15. The maximum absolute atomic E-state index is 14.6. The molecule has 1 atom stereocenters. The van der Waals surface area contributed by atoms with E-state index < -0.39 is 15.5 Å². The van der Waals surface area contributed by atoms with E-state index in [4.69, 9.17) is 5.73 Å². The van der Waals surface area contributed by atoms with Crippen molar-refractivity contribution in [3.05, 3.63) is 70.7 Å². The van der Waals surface area contributed by atoms with Gasteiger partial charge in [0.15, 0.2) is 0 Å². The lowest BCUT2D eigenvalue weighted by molar-refractivity contribution is 0.629. The molecule has 0 aliphatic rings. The average molecular weight is 438 g/mol. The van der Waals surface area contributed by atoms with E-state index in [1.165, 1.54) is 18.6 Å². The van der Waals surface area contributed by atoms with Crippen LogP contribution in [-0.4, -0.2) is 31.3 Å².